The third-order valence-corrected chi connectivity index (χ3v) is 3.48. The molecule has 1 rings (SSSR count). The maximum atomic E-state index is 11.9. The number of hydrogen-bond donors (Lipinski definition) is 4. The highest BCUT2D eigenvalue weighted by atomic mass is 32.1. The maximum absolute atomic E-state index is 11.9. The van der Waals surface area contributed by atoms with Gasteiger partial charge in [-0.3, -0.25) is 9.59 Å². The minimum absolute atomic E-state index is 0.141. The van der Waals surface area contributed by atoms with Crippen LogP contribution in [-0.4, -0.2) is 50.1 Å². The van der Waals surface area contributed by atoms with E-state index in [0.29, 0.717) is 29.7 Å². The fourth-order valence-electron chi connectivity index (χ4n) is 1.47. The Morgan fingerprint density at radius 3 is 2.76 bits per heavy atom. The topological polar surface area (TPSA) is 118 Å². The summed E-state index contributed by atoms with van der Waals surface area (Å²) >= 11 is 1.19. The lowest BCUT2D eigenvalue weighted by Gasteiger charge is -2.05. The number of carbonyl (C=O) groups excluding carboxylic acids is 2. The Morgan fingerprint density at radius 1 is 1.33 bits per heavy atom. The molecule has 21 heavy (non-hydrogen) atoms. The van der Waals surface area contributed by atoms with E-state index in [4.69, 9.17) is 10.5 Å². The average molecular weight is 315 g/mol. The van der Waals surface area contributed by atoms with Crippen LogP contribution in [0.2, 0.25) is 0 Å². The van der Waals surface area contributed by atoms with E-state index >= 15 is 0 Å². The van der Waals surface area contributed by atoms with E-state index in [1.54, 1.807) is 7.11 Å². The fourth-order valence-corrected chi connectivity index (χ4v) is 2.34. The normalized spacial score (nSPS) is 10.2. The zero-order valence-electron chi connectivity index (χ0n) is 12.2. The van der Waals surface area contributed by atoms with Crippen LogP contribution in [0.25, 0.3) is 0 Å². The van der Waals surface area contributed by atoms with Gasteiger partial charge in [-0.15, -0.1) is 0 Å². The second kappa shape index (κ2) is 9.14. The van der Waals surface area contributed by atoms with Gasteiger partial charge in [0.15, 0.2) is 5.13 Å². The van der Waals surface area contributed by atoms with Crippen LogP contribution in [-0.2, 0) is 9.53 Å². The van der Waals surface area contributed by atoms with Gasteiger partial charge in [-0.25, -0.2) is 4.98 Å². The van der Waals surface area contributed by atoms with Gasteiger partial charge in [0.1, 0.15) is 10.7 Å². The number of nitrogens with zero attached hydrogens (tertiary/aromatic N) is 1. The van der Waals surface area contributed by atoms with Gasteiger partial charge in [-0.2, -0.15) is 0 Å². The van der Waals surface area contributed by atoms with Crippen molar-refractivity contribution in [2.24, 2.45) is 0 Å². The smallest absolute Gasteiger partial charge is 0.265 e. The van der Waals surface area contributed by atoms with Crippen LogP contribution in [0.4, 0.5) is 10.9 Å². The summed E-state index contributed by atoms with van der Waals surface area (Å²) in [6.07, 6.45) is 0.203. The Hall–Kier alpha value is -1.87. The van der Waals surface area contributed by atoms with Crippen molar-refractivity contribution in [2.45, 2.75) is 13.3 Å². The number of methoxy groups -OCH3 is 1. The first-order valence-electron chi connectivity index (χ1n) is 6.62. The first-order chi connectivity index (χ1) is 10.1. The van der Waals surface area contributed by atoms with Gasteiger partial charge in [0.2, 0.25) is 5.91 Å². The molecule has 1 heterocycles. The van der Waals surface area contributed by atoms with Gasteiger partial charge in [-0.05, 0) is 6.92 Å². The van der Waals surface area contributed by atoms with E-state index in [2.05, 4.69) is 20.9 Å². The summed E-state index contributed by atoms with van der Waals surface area (Å²) in [5, 5.41) is 8.92. The van der Waals surface area contributed by atoms with Crippen molar-refractivity contribution in [3.05, 3.63) is 4.88 Å². The highest BCUT2D eigenvalue weighted by molar-refractivity contribution is 7.18. The number of aromatic nitrogens is 1. The summed E-state index contributed by atoms with van der Waals surface area (Å²) < 4.78 is 4.82. The fraction of sp³-hybridized carbons (Fsp3) is 0.583. The molecule has 9 heteroatoms. The third kappa shape index (κ3) is 5.96. The number of anilines is 2. The lowest BCUT2D eigenvalue weighted by molar-refractivity contribution is -0.121. The van der Waals surface area contributed by atoms with E-state index in [1.165, 1.54) is 11.3 Å². The van der Waals surface area contributed by atoms with Crippen molar-refractivity contribution in [3.8, 4) is 0 Å². The van der Waals surface area contributed by atoms with Crippen molar-refractivity contribution < 1.29 is 14.3 Å². The van der Waals surface area contributed by atoms with Crippen LogP contribution < -0.4 is 21.7 Å². The monoisotopic (exact) mass is 315 g/mol. The van der Waals surface area contributed by atoms with Crippen LogP contribution in [0.15, 0.2) is 0 Å². The van der Waals surface area contributed by atoms with Crippen molar-refractivity contribution in [1.29, 1.82) is 0 Å². The second-order valence-electron chi connectivity index (χ2n) is 4.11. The number of hydrogen-bond acceptors (Lipinski definition) is 7. The Balaban J connectivity index is 2.35. The number of amides is 2. The minimum atomic E-state index is -0.321. The summed E-state index contributed by atoms with van der Waals surface area (Å²) in [5.41, 5.74) is 5.69. The molecule has 0 aliphatic rings. The molecule has 8 nitrogen and oxygen atoms in total. The molecule has 0 aromatic carbocycles. The van der Waals surface area contributed by atoms with E-state index in [0.717, 1.165) is 0 Å². The highest BCUT2D eigenvalue weighted by Gasteiger charge is 2.15. The molecule has 5 N–H and O–H groups in total. The summed E-state index contributed by atoms with van der Waals surface area (Å²) in [6, 6.07) is 0. The first kappa shape index (κ1) is 17.2. The van der Waals surface area contributed by atoms with Crippen molar-refractivity contribution >= 4 is 34.1 Å². The molecule has 0 saturated carbocycles. The number of ether oxygens (including phenoxy) is 1. The Morgan fingerprint density at radius 2 is 2.10 bits per heavy atom. The number of rotatable bonds is 9. The molecular formula is C12H21N5O3S. The van der Waals surface area contributed by atoms with E-state index in [9.17, 15) is 9.59 Å². The molecule has 0 saturated heterocycles. The van der Waals surface area contributed by atoms with Crippen molar-refractivity contribution in [3.63, 3.8) is 0 Å². The Bertz CT molecular complexity index is 477. The predicted molar refractivity (Wildman–Crippen MR) is 82.5 cm³/mol. The van der Waals surface area contributed by atoms with Crippen LogP contribution in [0.5, 0.6) is 0 Å². The summed E-state index contributed by atoms with van der Waals surface area (Å²) in [4.78, 5) is 27.8. The molecule has 0 aliphatic heterocycles. The van der Waals surface area contributed by atoms with Gasteiger partial charge in [0, 0.05) is 33.2 Å². The van der Waals surface area contributed by atoms with Gasteiger partial charge < -0.3 is 26.4 Å². The lowest BCUT2D eigenvalue weighted by atomic mass is 10.3. The molecule has 0 spiro atoms. The van der Waals surface area contributed by atoms with Crippen LogP contribution in [0.1, 0.15) is 23.0 Å². The van der Waals surface area contributed by atoms with Crippen LogP contribution in [0, 0.1) is 0 Å². The van der Waals surface area contributed by atoms with Crippen LogP contribution >= 0.6 is 11.3 Å². The summed E-state index contributed by atoms with van der Waals surface area (Å²) in [7, 11) is 1.56. The number of carbonyl (C=O) groups is 2. The SMILES string of the molecule is CCNc1nc(N)c(C(=O)NCCC(=O)NCCOC)s1. The first-order valence-corrected chi connectivity index (χ1v) is 7.44. The van der Waals surface area contributed by atoms with Gasteiger partial charge >= 0.3 is 0 Å². The largest absolute Gasteiger partial charge is 0.383 e. The molecule has 2 amide bonds. The molecule has 0 fully saturated rings. The molecule has 1 aromatic heterocycles. The average Bonchev–Trinajstić information content (AvgIpc) is 2.80. The predicted octanol–water partition coefficient (Wildman–Crippen LogP) is 0.0396. The number of nitrogens with one attached hydrogen (secondary N) is 3. The van der Waals surface area contributed by atoms with E-state index < -0.39 is 0 Å². The second-order valence-corrected chi connectivity index (χ2v) is 5.11. The number of nitrogens with two attached hydrogens (primary N) is 1. The molecular weight excluding hydrogens is 294 g/mol. The third-order valence-electron chi connectivity index (χ3n) is 2.45. The standard InChI is InChI=1S/C12H21N5O3S/c1-3-14-12-17-10(13)9(21-12)11(19)16-5-4-8(18)15-6-7-20-2/h3-7,13H2,1-2H3,(H,14,17)(H,15,18)(H,16,19). The quantitative estimate of drug-likeness (QED) is 0.478. The Labute approximate surface area is 127 Å². The van der Waals surface area contributed by atoms with Crippen molar-refractivity contribution in [2.75, 3.05) is 44.4 Å². The zero-order valence-corrected chi connectivity index (χ0v) is 13.0. The number of nitrogen functional groups attached to an aromatic ring is 1. The molecule has 118 valence electrons. The van der Waals surface area contributed by atoms with Gasteiger partial charge in [-0.1, -0.05) is 11.3 Å². The molecule has 1 aromatic rings. The van der Waals surface area contributed by atoms with Crippen LogP contribution in [0.3, 0.4) is 0 Å². The zero-order chi connectivity index (χ0) is 15.7. The van der Waals surface area contributed by atoms with E-state index in [1.807, 2.05) is 6.92 Å². The molecule has 0 radical (unpaired) electrons. The maximum Gasteiger partial charge on any atom is 0.265 e. The molecule has 0 unspecified atom stereocenters. The molecule has 0 atom stereocenters. The van der Waals surface area contributed by atoms with Gasteiger partial charge in [0.25, 0.3) is 5.91 Å². The minimum Gasteiger partial charge on any atom is -0.383 e. The summed E-state index contributed by atoms with van der Waals surface area (Å²) in [5.74, 6) is -0.269. The van der Waals surface area contributed by atoms with E-state index in [-0.39, 0.29) is 30.6 Å². The lowest BCUT2D eigenvalue weighted by Crippen LogP contribution is -2.32. The Kier molecular flexibility index (Phi) is 7.48. The number of thiazole rings is 1. The highest BCUT2D eigenvalue weighted by Crippen LogP contribution is 2.24. The van der Waals surface area contributed by atoms with Gasteiger partial charge in [0.05, 0.1) is 6.61 Å². The van der Waals surface area contributed by atoms with Crippen molar-refractivity contribution in [1.82, 2.24) is 15.6 Å². The molecule has 0 aliphatic carbocycles. The molecule has 0 bridgehead atoms. The summed E-state index contributed by atoms with van der Waals surface area (Å²) in [6.45, 7) is 3.79.